The van der Waals surface area contributed by atoms with Crippen LogP contribution in [0.5, 0.6) is 0 Å². The Balaban J connectivity index is 1.68. The number of amides is 1. The maximum absolute atomic E-state index is 13.7. The van der Waals surface area contributed by atoms with E-state index in [1.807, 2.05) is 0 Å². The van der Waals surface area contributed by atoms with Crippen molar-refractivity contribution in [3.8, 4) is 0 Å². The van der Waals surface area contributed by atoms with Gasteiger partial charge in [-0.25, -0.2) is 13.6 Å². The van der Waals surface area contributed by atoms with E-state index in [4.69, 9.17) is 0 Å². The average molecular weight is 365 g/mol. The number of ketones is 1. The molecule has 2 aliphatic rings. The molecule has 1 aliphatic heterocycles. The average Bonchev–Trinajstić information content (AvgIpc) is 2.99. The minimum Gasteiger partial charge on any atom is -0.480 e. The van der Waals surface area contributed by atoms with Crippen LogP contribution in [0, 0.1) is 17.6 Å². The molecule has 0 radical (unpaired) electrons. The molecule has 3 rings (SSSR count). The van der Waals surface area contributed by atoms with Crippen LogP contribution < -0.4 is 0 Å². The monoisotopic (exact) mass is 365 g/mol. The maximum atomic E-state index is 13.7. The molecule has 1 N–H and O–H groups in total. The molecule has 0 spiro atoms. The van der Waals surface area contributed by atoms with Gasteiger partial charge < -0.3 is 10.0 Å². The van der Waals surface area contributed by atoms with Crippen LogP contribution in [0.4, 0.5) is 8.78 Å². The summed E-state index contributed by atoms with van der Waals surface area (Å²) in [6.07, 6.45) is 3.73. The predicted octanol–water partition coefficient (Wildman–Crippen LogP) is 3.17. The molecule has 0 bridgehead atoms. The smallest absolute Gasteiger partial charge is 0.326 e. The summed E-state index contributed by atoms with van der Waals surface area (Å²) in [7, 11) is 0. The second kappa shape index (κ2) is 7.51. The van der Waals surface area contributed by atoms with Crippen molar-refractivity contribution in [1.29, 1.82) is 0 Å². The van der Waals surface area contributed by atoms with Crippen LogP contribution in [-0.2, 0) is 9.59 Å². The molecule has 2 fully saturated rings. The van der Waals surface area contributed by atoms with E-state index in [9.17, 15) is 28.3 Å². The highest BCUT2D eigenvalue weighted by Crippen LogP contribution is 2.40. The fraction of sp³-hybridized carbons (Fsp3) is 0.526. The Hall–Kier alpha value is -2.31. The van der Waals surface area contributed by atoms with Gasteiger partial charge in [0.15, 0.2) is 5.78 Å². The first-order chi connectivity index (χ1) is 12.4. The van der Waals surface area contributed by atoms with Crippen molar-refractivity contribution in [3.05, 3.63) is 35.4 Å². The molecule has 7 heteroatoms. The third-order valence-electron chi connectivity index (χ3n) is 5.46. The predicted molar refractivity (Wildman–Crippen MR) is 88.6 cm³/mol. The van der Waals surface area contributed by atoms with E-state index in [1.165, 1.54) is 4.90 Å². The first-order valence-corrected chi connectivity index (χ1v) is 8.90. The van der Waals surface area contributed by atoms with Gasteiger partial charge in [-0.1, -0.05) is 12.8 Å². The van der Waals surface area contributed by atoms with E-state index < -0.39 is 29.4 Å². The summed E-state index contributed by atoms with van der Waals surface area (Å²) in [5.74, 6) is -3.55. The van der Waals surface area contributed by atoms with E-state index in [0.717, 1.165) is 37.8 Å². The fourth-order valence-electron chi connectivity index (χ4n) is 4.24. The zero-order chi connectivity index (χ0) is 18.8. The number of Topliss-reactive ketones (excluding diaryl/α,β-unsaturated/α-hetero) is 1. The summed E-state index contributed by atoms with van der Waals surface area (Å²) in [6, 6.07) is 1.74. The molecule has 1 aromatic carbocycles. The van der Waals surface area contributed by atoms with Crippen molar-refractivity contribution < 1.29 is 28.3 Å². The van der Waals surface area contributed by atoms with Gasteiger partial charge in [-0.05, 0) is 37.3 Å². The highest BCUT2D eigenvalue weighted by molar-refractivity contribution is 5.98. The zero-order valence-corrected chi connectivity index (χ0v) is 14.3. The summed E-state index contributed by atoms with van der Waals surface area (Å²) >= 11 is 0. The standard InChI is InChI=1S/C19H21F2NO4/c20-12-5-6-13(14(21)10-12)17(23)7-8-18(24)22-15-4-2-1-3-11(15)9-16(22)19(25)26/h5-6,10-11,15-16H,1-4,7-9H2,(H,25,26). The van der Waals surface area contributed by atoms with Gasteiger partial charge in [0.1, 0.15) is 17.7 Å². The lowest BCUT2D eigenvalue weighted by Crippen LogP contribution is -2.46. The molecule has 140 valence electrons. The van der Waals surface area contributed by atoms with Gasteiger partial charge in [0.05, 0.1) is 5.56 Å². The topological polar surface area (TPSA) is 74.7 Å². The molecule has 1 aromatic rings. The summed E-state index contributed by atoms with van der Waals surface area (Å²) in [5.41, 5.74) is -0.258. The van der Waals surface area contributed by atoms with Gasteiger partial charge in [0.2, 0.25) is 5.91 Å². The van der Waals surface area contributed by atoms with E-state index >= 15 is 0 Å². The lowest BCUT2D eigenvalue weighted by molar-refractivity contribution is -0.149. The molecule has 0 aromatic heterocycles. The third-order valence-corrected chi connectivity index (χ3v) is 5.46. The number of hydrogen-bond acceptors (Lipinski definition) is 3. The SMILES string of the molecule is O=C(CCC(=O)N1C(C(=O)O)CC2CCCCC21)c1ccc(F)cc1F. The molecular weight excluding hydrogens is 344 g/mol. The van der Waals surface area contributed by atoms with Crippen molar-refractivity contribution >= 4 is 17.7 Å². The maximum Gasteiger partial charge on any atom is 0.326 e. The van der Waals surface area contributed by atoms with Crippen LogP contribution in [0.25, 0.3) is 0 Å². The second-order valence-corrected chi connectivity index (χ2v) is 7.05. The number of fused-ring (bicyclic) bond motifs is 1. The number of rotatable bonds is 5. The van der Waals surface area contributed by atoms with E-state index in [2.05, 4.69) is 0 Å². The Morgan fingerprint density at radius 3 is 2.54 bits per heavy atom. The van der Waals surface area contributed by atoms with Crippen LogP contribution in [0.3, 0.4) is 0 Å². The minimum absolute atomic E-state index is 0.0880. The number of carboxylic acids is 1. The lowest BCUT2D eigenvalue weighted by atomic mass is 9.84. The van der Waals surface area contributed by atoms with Crippen molar-refractivity contribution in [3.63, 3.8) is 0 Å². The highest BCUT2D eigenvalue weighted by atomic mass is 19.1. The van der Waals surface area contributed by atoms with Gasteiger partial charge >= 0.3 is 5.97 Å². The third kappa shape index (κ3) is 3.61. The number of carbonyl (C=O) groups excluding carboxylic acids is 2. The normalized spacial score (nSPS) is 25.0. The van der Waals surface area contributed by atoms with Crippen LogP contribution in [0.1, 0.15) is 55.3 Å². The summed E-state index contributed by atoms with van der Waals surface area (Å²) < 4.78 is 26.6. The highest BCUT2D eigenvalue weighted by Gasteiger charge is 2.47. The van der Waals surface area contributed by atoms with Crippen molar-refractivity contribution in [2.45, 2.75) is 57.0 Å². The van der Waals surface area contributed by atoms with Gasteiger partial charge in [-0.3, -0.25) is 9.59 Å². The Bertz CT molecular complexity index is 736. The number of aliphatic carboxylic acids is 1. The summed E-state index contributed by atoms with van der Waals surface area (Å²) in [5, 5.41) is 9.45. The number of nitrogens with zero attached hydrogens (tertiary/aromatic N) is 1. The van der Waals surface area contributed by atoms with Crippen molar-refractivity contribution in [2.75, 3.05) is 0 Å². The Labute approximate surface area is 150 Å². The quantitative estimate of drug-likeness (QED) is 0.814. The molecule has 1 amide bonds. The number of carbonyl (C=O) groups is 3. The molecule has 1 saturated carbocycles. The molecule has 1 heterocycles. The van der Waals surface area contributed by atoms with Crippen molar-refractivity contribution in [1.82, 2.24) is 4.90 Å². The summed E-state index contributed by atoms with van der Waals surface area (Å²) in [6.45, 7) is 0. The van der Waals surface area contributed by atoms with E-state index in [0.29, 0.717) is 12.5 Å². The Morgan fingerprint density at radius 2 is 1.85 bits per heavy atom. The number of benzene rings is 1. The van der Waals surface area contributed by atoms with Crippen LogP contribution in [0.2, 0.25) is 0 Å². The Morgan fingerprint density at radius 1 is 1.12 bits per heavy atom. The van der Waals surface area contributed by atoms with Gasteiger partial charge in [0.25, 0.3) is 0 Å². The molecule has 1 saturated heterocycles. The number of carboxylic acid groups (broad SMARTS) is 1. The molecule has 1 aliphatic carbocycles. The van der Waals surface area contributed by atoms with Gasteiger partial charge in [-0.2, -0.15) is 0 Å². The van der Waals surface area contributed by atoms with Crippen molar-refractivity contribution in [2.24, 2.45) is 5.92 Å². The first-order valence-electron chi connectivity index (χ1n) is 8.90. The van der Waals surface area contributed by atoms with Crippen LogP contribution in [-0.4, -0.2) is 39.7 Å². The van der Waals surface area contributed by atoms with Crippen LogP contribution in [0.15, 0.2) is 18.2 Å². The number of halogens is 2. The van der Waals surface area contributed by atoms with E-state index in [1.54, 1.807) is 0 Å². The van der Waals surface area contributed by atoms with Gasteiger partial charge in [-0.15, -0.1) is 0 Å². The van der Waals surface area contributed by atoms with E-state index in [-0.39, 0.29) is 36.3 Å². The molecule has 26 heavy (non-hydrogen) atoms. The lowest BCUT2D eigenvalue weighted by Gasteiger charge is -2.33. The molecule has 3 unspecified atom stereocenters. The number of likely N-dealkylation sites (tertiary alicyclic amines) is 1. The minimum atomic E-state index is -1.02. The fourth-order valence-corrected chi connectivity index (χ4v) is 4.24. The molecule has 5 nitrogen and oxygen atoms in total. The number of hydrogen-bond donors (Lipinski definition) is 1. The molecule has 3 atom stereocenters. The van der Waals surface area contributed by atoms with Gasteiger partial charge in [0, 0.05) is 24.9 Å². The Kier molecular flexibility index (Phi) is 5.34. The second-order valence-electron chi connectivity index (χ2n) is 7.05. The summed E-state index contributed by atoms with van der Waals surface area (Å²) in [4.78, 5) is 37.8. The van der Waals surface area contributed by atoms with Crippen LogP contribution >= 0.6 is 0 Å². The zero-order valence-electron chi connectivity index (χ0n) is 14.3. The largest absolute Gasteiger partial charge is 0.480 e. The molecular formula is C19H21F2NO4. The first kappa shape index (κ1) is 18.5.